The third-order valence-electron chi connectivity index (χ3n) is 3.84. The number of ether oxygens (including phenoxy) is 1. The number of rotatable bonds is 2. The number of aliphatic hydroxyl groups excluding tert-OH is 1. The summed E-state index contributed by atoms with van der Waals surface area (Å²) in [6.45, 7) is 1.61. The van der Waals surface area contributed by atoms with Crippen LogP contribution in [0.15, 0.2) is 6.07 Å². The number of carbonyl (C=O) groups is 1. The van der Waals surface area contributed by atoms with Crippen LogP contribution in [0.2, 0.25) is 0 Å². The maximum Gasteiger partial charge on any atom is 0.264 e. The molecule has 2 aliphatic rings. The zero-order valence-electron chi connectivity index (χ0n) is 10.9. The third kappa shape index (κ3) is 2.68. The molecule has 0 bridgehead atoms. The van der Waals surface area contributed by atoms with Gasteiger partial charge in [-0.25, -0.2) is 0 Å². The monoisotopic (exact) mass is 281 g/mol. The Bertz CT molecular complexity index is 448. The Morgan fingerprint density at radius 1 is 1.47 bits per heavy atom. The Labute approximate surface area is 117 Å². The van der Waals surface area contributed by atoms with Gasteiger partial charge >= 0.3 is 0 Å². The second kappa shape index (κ2) is 5.61. The molecule has 1 aliphatic carbocycles. The van der Waals surface area contributed by atoms with Crippen LogP contribution in [0.3, 0.4) is 0 Å². The first kappa shape index (κ1) is 13.1. The van der Waals surface area contributed by atoms with Crippen LogP contribution in [0.1, 0.15) is 33.0 Å². The predicted octanol–water partition coefficient (Wildman–Crippen LogP) is 1.46. The van der Waals surface area contributed by atoms with Crippen molar-refractivity contribution in [2.75, 3.05) is 26.3 Å². The molecule has 1 atom stereocenters. The van der Waals surface area contributed by atoms with Gasteiger partial charge in [-0.1, -0.05) is 0 Å². The highest BCUT2D eigenvalue weighted by Gasteiger charge is 2.26. The summed E-state index contributed by atoms with van der Waals surface area (Å²) in [5, 5.41) is 9.13. The summed E-state index contributed by atoms with van der Waals surface area (Å²) in [4.78, 5) is 16.5. The maximum atomic E-state index is 12.5. The van der Waals surface area contributed by atoms with E-state index in [1.54, 1.807) is 11.3 Å². The van der Waals surface area contributed by atoms with Crippen molar-refractivity contribution in [2.24, 2.45) is 0 Å². The van der Waals surface area contributed by atoms with Gasteiger partial charge in [-0.15, -0.1) is 11.3 Å². The predicted molar refractivity (Wildman–Crippen MR) is 73.7 cm³/mol. The third-order valence-corrected chi connectivity index (χ3v) is 5.06. The van der Waals surface area contributed by atoms with Gasteiger partial charge < -0.3 is 14.7 Å². The van der Waals surface area contributed by atoms with Crippen LogP contribution >= 0.6 is 11.3 Å². The fraction of sp³-hybridized carbons (Fsp3) is 0.643. The Hall–Kier alpha value is -0.910. The normalized spacial score (nSPS) is 23.2. The van der Waals surface area contributed by atoms with Crippen LogP contribution in [0.4, 0.5) is 0 Å². The topological polar surface area (TPSA) is 49.8 Å². The summed E-state index contributed by atoms with van der Waals surface area (Å²) in [6, 6.07) is 2.07. The van der Waals surface area contributed by atoms with Gasteiger partial charge in [-0.05, 0) is 37.3 Å². The Morgan fingerprint density at radius 2 is 2.32 bits per heavy atom. The van der Waals surface area contributed by atoms with Gasteiger partial charge in [0.2, 0.25) is 0 Å². The Morgan fingerprint density at radius 3 is 3.11 bits per heavy atom. The van der Waals surface area contributed by atoms with Gasteiger partial charge in [-0.2, -0.15) is 0 Å². The van der Waals surface area contributed by atoms with Crippen molar-refractivity contribution in [3.63, 3.8) is 0 Å². The van der Waals surface area contributed by atoms with Crippen molar-refractivity contribution in [3.05, 3.63) is 21.4 Å². The second-order valence-corrected chi connectivity index (χ2v) is 6.33. The van der Waals surface area contributed by atoms with E-state index in [0.29, 0.717) is 19.7 Å². The SMILES string of the molecule is O=C(c1cc2c(s1)CCCC2)N1CCOC(CO)C1. The molecule has 2 heterocycles. The molecule has 0 spiro atoms. The molecule has 1 aromatic heterocycles. The van der Waals surface area contributed by atoms with E-state index < -0.39 is 0 Å². The van der Waals surface area contributed by atoms with Gasteiger partial charge in [0.05, 0.1) is 24.2 Å². The minimum atomic E-state index is -0.229. The van der Waals surface area contributed by atoms with E-state index in [0.717, 1.165) is 17.7 Å². The average Bonchev–Trinajstić information content (AvgIpc) is 2.90. The molecule has 1 amide bonds. The molecule has 1 saturated heterocycles. The number of nitrogens with zero attached hydrogens (tertiary/aromatic N) is 1. The second-order valence-electron chi connectivity index (χ2n) is 5.19. The van der Waals surface area contributed by atoms with E-state index in [1.165, 1.54) is 23.3 Å². The highest BCUT2D eigenvalue weighted by Crippen LogP contribution is 2.30. The number of hydrogen-bond acceptors (Lipinski definition) is 4. The molecule has 1 N–H and O–H groups in total. The number of aliphatic hydroxyl groups is 1. The number of amides is 1. The molecule has 1 aromatic rings. The highest BCUT2D eigenvalue weighted by atomic mass is 32.1. The zero-order chi connectivity index (χ0) is 13.2. The minimum Gasteiger partial charge on any atom is -0.394 e. The van der Waals surface area contributed by atoms with Crippen molar-refractivity contribution in [1.82, 2.24) is 4.90 Å². The van der Waals surface area contributed by atoms with Gasteiger partial charge in [0.15, 0.2) is 0 Å². The molecule has 0 radical (unpaired) electrons. The molecule has 104 valence electrons. The van der Waals surface area contributed by atoms with Crippen LogP contribution < -0.4 is 0 Å². The van der Waals surface area contributed by atoms with Gasteiger partial charge in [0.1, 0.15) is 0 Å². The summed E-state index contributed by atoms with van der Waals surface area (Å²) in [7, 11) is 0. The first-order chi connectivity index (χ1) is 9.28. The fourth-order valence-corrected chi connectivity index (χ4v) is 3.99. The molecule has 3 rings (SSSR count). The number of hydrogen-bond donors (Lipinski definition) is 1. The molecule has 4 nitrogen and oxygen atoms in total. The van der Waals surface area contributed by atoms with Crippen molar-refractivity contribution in [1.29, 1.82) is 0 Å². The number of carbonyl (C=O) groups excluding carboxylic acids is 1. The molecular formula is C14H19NO3S. The lowest BCUT2D eigenvalue weighted by Crippen LogP contribution is -2.46. The molecule has 19 heavy (non-hydrogen) atoms. The van der Waals surface area contributed by atoms with E-state index in [2.05, 4.69) is 6.07 Å². The van der Waals surface area contributed by atoms with E-state index in [1.807, 2.05) is 4.90 Å². The van der Waals surface area contributed by atoms with Crippen LogP contribution in [0.25, 0.3) is 0 Å². The lowest BCUT2D eigenvalue weighted by Gasteiger charge is -2.31. The minimum absolute atomic E-state index is 0.0231. The van der Waals surface area contributed by atoms with Crippen molar-refractivity contribution >= 4 is 17.2 Å². The van der Waals surface area contributed by atoms with Crippen LogP contribution in [0.5, 0.6) is 0 Å². The fourth-order valence-electron chi connectivity index (χ4n) is 2.77. The van der Waals surface area contributed by atoms with Gasteiger partial charge in [-0.3, -0.25) is 4.79 Å². The van der Waals surface area contributed by atoms with Gasteiger partial charge in [0, 0.05) is 18.0 Å². The lowest BCUT2D eigenvalue weighted by molar-refractivity contribution is -0.0446. The van der Waals surface area contributed by atoms with E-state index >= 15 is 0 Å². The lowest BCUT2D eigenvalue weighted by atomic mass is 9.99. The first-order valence-corrected chi connectivity index (χ1v) is 7.73. The average molecular weight is 281 g/mol. The molecule has 5 heteroatoms. The van der Waals surface area contributed by atoms with Crippen molar-refractivity contribution in [2.45, 2.75) is 31.8 Å². The zero-order valence-corrected chi connectivity index (χ0v) is 11.7. The number of aryl methyl sites for hydroxylation is 2. The maximum absolute atomic E-state index is 12.5. The summed E-state index contributed by atoms with van der Waals surface area (Å²) < 4.78 is 5.38. The smallest absolute Gasteiger partial charge is 0.264 e. The largest absolute Gasteiger partial charge is 0.394 e. The number of fused-ring (bicyclic) bond motifs is 1. The summed E-state index contributed by atoms with van der Waals surface area (Å²) in [6.07, 6.45) is 4.48. The standard InChI is InChI=1S/C14H19NO3S/c16-9-11-8-15(5-6-18-11)14(17)13-7-10-3-1-2-4-12(10)19-13/h7,11,16H,1-6,8-9H2. The molecule has 0 saturated carbocycles. The molecule has 0 aromatic carbocycles. The summed E-state index contributed by atoms with van der Waals surface area (Å²) >= 11 is 1.65. The van der Waals surface area contributed by atoms with E-state index in [4.69, 9.17) is 9.84 Å². The van der Waals surface area contributed by atoms with E-state index in [9.17, 15) is 4.79 Å². The Balaban J connectivity index is 1.74. The van der Waals surface area contributed by atoms with Crippen molar-refractivity contribution < 1.29 is 14.6 Å². The van der Waals surface area contributed by atoms with Crippen LogP contribution in [-0.2, 0) is 17.6 Å². The molecule has 1 fully saturated rings. The first-order valence-electron chi connectivity index (χ1n) is 6.91. The summed E-state index contributed by atoms with van der Waals surface area (Å²) in [5.74, 6) is 0.0983. The quantitative estimate of drug-likeness (QED) is 0.893. The summed E-state index contributed by atoms with van der Waals surface area (Å²) in [5.41, 5.74) is 1.37. The molecular weight excluding hydrogens is 262 g/mol. The number of morpholine rings is 1. The molecule has 1 aliphatic heterocycles. The number of thiophene rings is 1. The van der Waals surface area contributed by atoms with Crippen LogP contribution in [0, 0.1) is 0 Å². The highest BCUT2D eigenvalue weighted by molar-refractivity contribution is 7.14. The Kier molecular flexibility index (Phi) is 3.86. The van der Waals surface area contributed by atoms with Crippen molar-refractivity contribution in [3.8, 4) is 0 Å². The van der Waals surface area contributed by atoms with Crippen LogP contribution in [-0.4, -0.2) is 48.3 Å². The molecule has 1 unspecified atom stereocenters. The van der Waals surface area contributed by atoms with Gasteiger partial charge in [0.25, 0.3) is 5.91 Å². The van der Waals surface area contributed by atoms with E-state index in [-0.39, 0.29) is 18.6 Å².